The van der Waals surface area contributed by atoms with Crippen LogP contribution in [0.4, 0.5) is 0 Å². The Morgan fingerprint density at radius 3 is 2.62 bits per heavy atom. The maximum Gasteiger partial charge on any atom is 0.236 e. The Bertz CT molecular complexity index is 432. The lowest BCUT2D eigenvalue weighted by atomic mass is 10.1. The molecule has 2 aliphatic carbocycles. The van der Waals surface area contributed by atoms with Gasteiger partial charge in [0.15, 0.2) is 8.32 Å². The topological polar surface area (TPSA) is 41.6 Å². The number of nitrogens with zero attached hydrogens (tertiary/aromatic N) is 1. The molecule has 1 saturated heterocycles. The lowest BCUT2D eigenvalue weighted by Crippen LogP contribution is -2.57. The minimum atomic E-state index is -1.77. The van der Waals surface area contributed by atoms with Crippen LogP contribution in [0.2, 0.25) is 18.1 Å². The second-order valence-electron chi connectivity index (χ2n) is 8.57. The van der Waals surface area contributed by atoms with E-state index in [4.69, 9.17) is 4.43 Å². The van der Waals surface area contributed by atoms with Crippen LogP contribution < -0.4 is 5.32 Å². The Balaban J connectivity index is 1.75. The SMILES string of the molecule is CC(C)(C)[Si](C)(C)O[C@@H]1[C@H]2C[C@@H]2C[C@@H]1N1CCNCC1=O. The van der Waals surface area contributed by atoms with Crippen molar-refractivity contribution < 1.29 is 9.22 Å². The molecule has 0 unspecified atom stereocenters. The van der Waals surface area contributed by atoms with Gasteiger partial charge in [-0.3, -0.25) is 4.79 Å². The Kier molecular flexibility index (Phi) is 3.74. The zero-order valence-corrected chi connectivity index (χ0v) is 15.1. The first-order chi connectivity index (χ1) is 9.71. The molecule has 2 saturated carbocycles. The Morgan fingerprint density at radius 2 is 2.00 bits per heavy atom. The van der Waals surface area contributed by atoms with Crippen LogP contribution in [0.5, 0.6) is 0 Å². The minimum Gasteiger partial charge on any atom is -0.412 e. The Labute approximate surface area is 129 Å². The lowest BCUT2D eigenvalue weighted by Gasteiger charge is -2.43. The third-order valence-electron chi connectivity index (χ3n) is 6.09. The average Bonchev–Trinajstić information content (AvgIpc) is 3.05. The van der Waals surface area contributed by atoms with E-state index in [9.17, 15) is 4.79 Å². The van der Waals surface area contributed by atoms with Crippen LogP contribution in [0, 0.1) is 11.8 Å². The van der Waals surface area contributed by atoms with Gasteiger partial charge in [-0.15, -0.1) is 0 Å². The molecule has 1 aliphatic heterocycles. The predicted octanol–water partition coefficient (Wildman–Crippen LogP) is 2.22. The minimum absolute atomic E-state index is 0.234. The van der Waals surface area contributed by atoms with E-state index in [-0.39, 0.29) is 17.0 Å². The molecule has 5 heteroatoms. The highest BCUT2D eigenvalue weighted by Gasteiger charge is 2.58. The summed E-state index contributed by atoms with van der Waals surface area (Å²) in [5.74, 6) is 1.79. The Hall–Kier alpha value is -0.393. The molecule has 0 aromatic carbocycles. The second-order valence-corrected chi connectivity index (χ2v) is 13.3. The number of nitrogens with one attached hydrogen (secondary N) is 1. The summed E-state index contributed by atoms with van der Waals surface area (Å²) in [4.78, 5) is 14.3. The fourth-order valence-corrected chi connectivity index (χ4v) is 5.00. The van der Waals surface area contributed by atoms with E-state index in [1.54, 1.807) is 0 Å². The molecule has 0 aromatic heterocycles. The van der Waals surface area contributed by atoms with Crippen LogP contribution in [0.3, 0.4) is 0 Å². The van der Waals surface area contributed by atoms with Gasteiger partial charge in [-0.25, -0.2) is 0 Å². The molecule has 1 amide bonds. The van der Waals surface area contributed by atoms with Crippen molar-refractivity contribution in [2.45, 2.75) is 63.9 Å². The zero-order chi connectivity index (χ0) is 15.4. The van der Waals surface area contributed by atoms with Crippen LogP contribution in [0.15, 0.2) is 0 Å². The largest absolute Gasteiger partial charge is 0.412 e. The Morgan fingerprint density at radius 1 is 1.29 bits per heavy atom. The number of piperazine rings is 1. The number of hydrogen-bond acceptors (Lipinski definition) is 3. The average molecular weight is 311 g/mol. The van der Waals surface area contributed by atoms with Crippen molar-refractivity contribution in [2.24, 2.45) is 11.8 Å². The summed E-state index contributed by atoms with van der Waals surface area (Å²) < 4.78 is 6.76. The van der Waals surface area contributed by atoms with Gasteiger partial charge >= 0.3 is 0 Å². The van der Waals surface area contributed by atoms with E-state index in [0.29, 0.717) is 18.5 Å². The van der Waals surface area contributed by atoms with E-state index in [1.165, 1.54) is 6.42 Å². The van der Waals surface area contributed by atoms with Gasteiger partial charge in [0.05, 0.1) is 18.7 Å². The van der Waals surface area contributed by atoms with Crippen molar-refractivity contribution in [3.05, 3.63) is 0 Å². The monoisotopic (exact) mass is 310 g/mol. The summed E-state index contributed by atoms with van der Waals surface area (Å²) in [6.45, 7) is 13.8. The van der Waals surface area contributed by atoms with Crippen molar-refractivity contribution in [1.82, 2.24) is 10.2 Å². The van der Waals surface area contributed by atoms with Gasteiger partial charge in [0.1, 0.15) is 0 Å². The molecule has 4 nitrogen and oxygen atoms in total. The summed E-state index contributed by atoms with van der Waals surface area (Å²) in [6, 6.07) is 0.331. The molecular weight excluding hydrogens is 280 g/mol. The smallest absolute Gasteiger partial charge is 0.236 e. The fraction of sp³-hybridized carbons (Fsp3) is 0.938. The summed E-state index contributed by atoms with van der Waals surface area (Å²) in [6.07, 6.45) is 2.77. The van der Waals surface area contributed by atoms with Crippen LogP contribution >= 0.6 is 0 Å². The molecular formula is C16H30N2O2Si. The van der Waals surface area contributed by atoms with E-state index in [1.807, 2.05) is 0 Å². The van der Waals surface area contributed by atoms with Gasteiger partial charge in [-0.1, -0.05) is 20.8 Å². The molecule has 1 heterocycles. The number of hydrogen-bond donors (Lipinski definition) is 1. The highest BCUT2D eigenvalue weighted by Crippen LogP contribution is 2.56. The van der Waals surface area contributed by atoms with Gasteiger partial charge in [0.2, 0.25) is 5.91 Å². The first kappa shape index (κ1) is 15.5. The third kappa shape index (κ3) is 2.80. The lowest BCUT2D eigenvalue weighted by molar-refractivity contribution is -0.136. The van der Waals surface area contributed by atoms with Crippen molar-refractivity contribution >= 4 is 14.2 Å². The highest BCUT2D eigenvalue weighted by atomic mass is 28.4. The number of carbonyl (C=O) groups excluding carboxylic acids is 1. The van der Waals surface area contributed by atoms with E-state index in [0.717, 1.165) is 25.4 Å². The maximum absolute atomic E-state index is 12.2. The molecule has 0 radical (unpaired) electrons. The molecule has 3 rings (SSSR count). The van der Waals surface area contributed by atoms with Crippen molar-refractivity contribution in [1.29, 1.82) is 0 Å². The molecule has 0 bridgehead atoms. The van der Waals surface area contributed by atoms with Crippen LogP contribution in [0.1, 0.15) is 33.6 Å². The van der Waals surface area contributed by atoms with Crippen molar-refractivity contribution in [2.75, 3.05) is 19.6 Å². The third-order valence-corrected chi connectivity index (χ3v) is 10.6. The van der Waals surface area contributed by atoms with E-state index < -0.39 is 8.32 Å². The van der Waals surface area contributed by atoms with Crippen LogP contribution in [-0.4, -0.2) is 50.9 Å². The first-order valence-corrected chi connectivity index (χ1v) is 11.3. The van der Waals surface area contributed by atoms with Crippen molar-refractivity contribution in [3.8, 4) is 0 Å². The molecule has 0 spiro atoms. The van der Waals surface area contributed by atoms with E-state index >= 15 is 0 Å². The van der Waals surface area contributed by atoms with E-state index in [2.05, 4.69) is 44.1 Å². The predicted molar refractivity (Wildman–Crippen MR) is 86.7 cm³/mol. The summed E-state index contributed by atoms with van der Waals surface area (Å²) in [5.41, 5.74) is 0. The number of fused-ring (bicyclic) bond motifs is 1. The quantitative estimate of drug-likeness (QED) is 0.813. The second kappa shape index (κ2) is 5.07. The molecule has 3 fully saturated rings. The standard InChI is InChI=1S/C16H30N2O2Si/c1-16(2,3)21(4,5)20-15-12-8-11(12)9-13(15)18-7-6-17-10-14(18)19/h11-13,15,17H,6-10H2,1-5H3/t11-,12+,13+,15-/m1/s1. The molecule has 4 atom stereocenters. The highest BCUT2D eigenvalue weighted by molar-refractivity contribution is 6.74. The fourth-order valence-electron chi connectivity index (χ4n) is 3.63. The summed E-state index contributed by atoms with van der Waals surface area (Å²) in [5, 5.41) is 3.41. The molecule has 0 aromatic rings. The maximum atomic E-state index is 12.2. The summed E-state index contributed by atoms with van der Waals surface area (Å²) >= 11 is 0. The van der Waals surface area contributed by atoms with Crippen LogP contribution in [-0.2, 0) is 9.22 Å². The zero-order valence-electron chi connectivity index (χ0n) is 14.1. The number of rotatable bonds is 3. The van der Waals surface area contributed by atoms with Crippen LogP contribution in [0.25, 0.3) is 0 Å². The molecule has 120 valence electrons. The summed E-state index contributed by atoms with van der Waals surface area (Å²) in [7, 11) is -1.77. The number of carbonyl (C=O) groups is 1. The normalized spacial score (nSPS) is 36.8. The van der Waals surface area contributed by atoms with Gasteiger partial charge in [0, 0.05) is 13.1 Å². The number of amides is 1. The van der Waals surface area contributed by atoms with Gasteiger partial charge in [0.25, 0.3) is 0 Å². The first-order valence-electron chi connectivity index (χ1n) is 8.39. The van der Waals surface area contributed by atoms with Gasteiger partial charge in [-0.2, -0.15) is 0 Å². The molecule has 3 aliphatic rings. The molecule has 1 N–H and O–H groups in total. The van der Waals surface area contributed by atoms with Gasteiger partial charge < -0.3 is 14.6 Å². The molecule has 21 heavy (non-hydrogen) atoms. The van der Waals surface area contributed by atoms with Gasteiger partial charge in [-0.05, 0) is 42.8 Å². The van der Waals surface area contributed by atoms with Crippen molar-refractivity contribution in [3.63, 3.8) is 0 Å².